The number of hydrogen-bond acceptors (Lipinski definition) is 5. The molecule has 1 atom stereocenters. The van der Waals surface area contributed by atoms with Gasteiger partial charge in [-0.1, -0.05) is 247 Å². The number of ether oxygens (including phenoxy) is 2. The second kappa shape index (κ2) is 55.4. The highest BCUT2D eigenvalue weighted by atomic mass is 16.6. The second-order valence-electron chi connectivity index (χ2n) is 18.3. The SMILES string of the molecule is CC/C=C\C/C=C\C/C=C\C/C=C\C/C=C\C/C=C\CCCCCCCCCCCCCCCCC(=O)OC(CO)COC(=O)CCCCCCCCC/C=C\CCCCCCCCC. The second-order valence-corrected chi connectivity index (χ2v) is 18.3. The molecule has 0 heterocycles. The maximum absolute atomic E-state index is 12.3. The fourth-order valence-electron chi connectivity index (χ4n) is 7.79. The van der Waals surface area contributed by atoms with Crippen molar-refractivity contribution in [1.29, 1.82) is 0 Å². The van der Waals surface area contributed by atoms with Crippen LogP contribution in [0.5, 0.6) is 0 Å². The van der Waals surface area contributed by atoms with Crippen molar-refractivity contribution in [2.24, 2.45) is 0 Å². The summed E-state index contributed by atoms with van der Waals surface area (Å²) in [5.41, 5.74) is 0. The minimum atomic E-state index is -0.777. The van der Waals surface area contributed by atoms with E-state index < -0.39 is 6.10 Å². The first-order valence-corrected chi connectivity index (χ1v) is 27.6. The summed E-state index contributed by atoms with van der Waals surface area (Å²) < 4.78 is 10.7. The summed E-state index contributed by atoms with van der Waals surface area (Å²) in [6, 6.07) is 0. The van der Waals surface area contributed by atoms with Gasteiger partial charge in [0.1, 0.15) is 6.61 Å². The molecule has 0 saturated carbocycles. The van der Waals surface area contributed by atoms with Crippen molar-refractivity contribution in [3.8, 4) is 0 Å². The van der Waals surface area contributed by atoms with Crippen molar-refractivity contribution < 1.29 is 24.2 Å². The number of rotatable bonds is 50. The lowest BCUT2D eigenvalue weighted by Gasteiger charge is -2.15. The van der Waals surface area contributed by atoms with Crippen molar-refractivity contribution in [3.63, 3.8) is 0 Å². The van der Waals surface area contributed by atoms with E-state index in [9.17, 15) is 14.7 Å². The molecule has 1 N–H and O–H groups in total. The van der Waals surface area contributed by atoms with Gasteiger partial charge in [0, 0.05) is 12.8 Å². The van der Waals surface area contributed by atoms with Gasteiger partial charge in [-0.25, -0.2) is 0 Å². The summed E-state index contributed by atoms with van der Waals surface area (Å²) in [6.45, 7) is 4.04. The Morgan fingerprint density at radius 2 is 0.662 bits per heavy atom. The summed E-state index contributed by atoms with van der Waals surface area (Å²) in [5, 5.41) is 9.64. The zero-order valence-corrected chi connectivity index (χ0v) is 42.7. The van der Waals surface area contributed by atoms with Crippen LogP contribution in [-0.2, 0) is 19.1 Å². The molecule has 0 aliphatic heterocycles. The Bertz CT molecular complexity index is 1210. The molecule has 0 bridgehead atoms. The van der Waals surface area contributed by atoms with Crippen molar-refractivity contribution >= 4 is 11.9 Å². The molecule has 0 aliphatic rings. The van der Waals surface area contributed by atoms with E-state index in [1.165, 1.54) is 161 Å². The van der Waals surface area contributed by atoms with Gasteiger partial charge in [0.15, 0.2) is 6.10 Å². The Morgan fingerprint density at radius 3 is 1.02 bits per heavy atom. The van der Waals surface area contributed by atoms with Gasteiger partial charge >= 0.3 is 11.9 Å². The van der Waals surface area contributed by atoms with E-state index >= 15 is 0 Å². The first-order chi connectivity index (χ1) is 32.1. The summed E-state index contributed by atoms with van der Waals surface area (Å²) >= 11 is 0. The van der Waals surface area contributed by atoms with Crippen LogP contribution < -0.4 is 0 Å². The third-order valence-electron chi connectivity index (χ3n) is 11.9. The van der Waals surface area contributed by atoms with Crippen LogP contribution in [0.3, 0.4) is 0 Å². The fraction of sp³-hybridized carbons (Fsp3) is 0.733. The summed E-state index contributed by atoms with van der Waals surface area (Å²) in [4.78, 5) is 24.5. The van der Waals surface area contributed by atoms with Crippen LogP contribution in [0.1, 0.15) is 264 Å². The van der Waals surface area contributed by atoms with Gasteiger partial charge in [-0.15, -0.1) is 0 Å². The molecular weight excluding hydrogens is 801 g/mol. The normalized spacial score (nSPS) is 12.8. The maximum Gasteiger partial charge on any atom is 0.306 e. The summed E-state index contributed by atoms with van der Waals surface area (Å²) in [6.07, 6.45) is 76.9. The van der Waals surface area contributed by atoms with E-state index in [1.807, 2.05) is 0 Å². The number of aliphatic hydroxyl groups excluding tert-OH is 1. The topological polar surface area (TPSA) is 72.8 Å². The first kappa shape index (κ1) is 62.1. The zero-order chi connectivity index (χ0) is 47.0. The Kier molecular flexibility index (Phi) is 52.9. The molecule has 0 amide bonds. The number of unbranched alkanes of at least 4 members (excludes halogenated alkanes) is 28. The third kappa shape index (κ3) is 53.6. The summed E-state index contributed by atoms with van der Waals surface area (Å²) in [7, 11) is 0. The molecule has 5 nitrogen and oxygen atoms in total. The van der Waals surface area contributed by atoms with Crippen molar-refractivity contribution in [2.45, 2.75) is 270 Å². The Balaban J connectivity index is 3.50. The molecule has 0 aromatic heterocycles. The highest BCUT2D eigenvalue weighted by Crippen LogP contribution is 2.16. The van der Waals surface area contributed by atoms with E-state index in [-0.39, 0.29) is 25.2 Å². The molecule has 0 fully saturated rings. The van der Waals surface area contributed by atoms with E-state index in [1.54, 1.807) is 0 Å². The third-order valence-corrected chi connectivity index (χ3v) is 11.9. The van der Waals surface area contributed by atoms with Gasteiger partial charge in [0.2, 0.25) is 0 Å². The smallest absolute Gasteiger partial charge is 0.306 e. The fourth-order valence-corrected chi connectivity index (χ4v) is 7.79. The van der Waals surface area contributed by atoms with Crippen LogP contribution in [-0.4, -0.2) is 36.4 Å². The molecule has 0 spiro atoms. The predicted octanol–water partition coefficient (Wildman–Crippen LogP) is 18.6. The molecule has 0 aromatic carbocycles. The van der Waals surface area contributed by atoms with Gasteiger partial charge in [-0.05, 0) is 89.9 Å². The van der Waals surface area contributed by atoms with Gasteiger partial charge in [-0.2, -0.15) is 0 Å². The Labute approximate surface area is 403 Å². The van der Waals surface area contributed by atoms with Gasteiger partial charge in [0.25, 0.3) is 0 Å². The number of allylic oxidation sites excluding steroid dienone is 14. The molecule has 65 heavy (non-hydrogen) atoms. The van der Waals surface area contributed by atoms with Crippen molar-refractivity contribution in [3.05, 3.63) is 85.1 Å². The number of hydrogen-bond donors (Lipinski definition) is 1. The van der Waals surface area contributed by atoms with Crippen LogP contribution >= 0.6 is 0 Å². The Morgan fingerprint density at radius 1 is 0.369 bits per heavy atom. The predicted molar refractivity (Wildman–Crippen MR) is 283 cm³/mol. The number of carbonyl (C=O) groups excluding carboxylic acids is 2. The van der Waals surface area contributed by atoms with E-state index in [0.717, 1.165) is 77.0 Å². The van der Waals surface area contributed by atoms with Gasteiger partial charge in [0.05, 0.1) is 6.61 Å². The number of carbonyl (C=O) groups is 2. The van der Waals surface area contributed by atoms with E-state index in [4.69, 9.17) is 9.47 Å². The molecular formula is C60H104O5. The van der Waals surface area contributed by atoms with Gasteiger partial charge in [-0.3, -0.25) is 9.59 Å². The molecule has 1 unspecified atom stereocenters. The molecule has 0 rings (SSSR count). The quantitative estimate of drug-likeness (QED) is 0.0374. The van der Waals surface area contributed by atoms with E-state index in [2.05, 4.69) is 98.9 Å². The van der Waals surface area contributed by atoms with Crippen LogP contribution in [0.4, 0.5) is 0 Å². The van der Waals surface area contributed by atoms with Crippen LogP contribution in [0.25, 0.3) is 0 Å². The molecule has 0 aliphatic carbocycles. The minimum Gasteiger partial charge on any atom is -0.462 e. The van der Waals surface area contributed by atoms with Crippen LogP contribution in [0, 0.1) is 0 Å². The first-order valence-electron chi connectivity index (χ1n) is 27.6. The largest absolute Gasteiger partial charge is 0.462 e. The molecule has 0 radical (unpaired) electrons. The van der Waals surface area contributed by atoms with Crippen molar-refractivity contribution in [2.75, 3.05) is 13.2 Å². The maximum atomic E-state index is 12.3. The lowest BCUT2D eigenvalue weighted by Crippen LogP contribution is -2.28. The minimum absolute atomic E-state index is 0.0692. The summed E-state index contributed by atoms with van der Waals surface area (Å²) in [5.74, 6) is -0.591. The number of esters is 2. The van der Waals surface area contributed by atoms with Crippen molar-refractivity contribution in [1.82, 2.24) is 0 Å². The molecule has 374 valence electrons. The molecule has 0 saturated heterocycles. The standard InChI is InChI=1S/C60H104O5/c1-3-5-7-9-11-13-15-17-19-21-23-24-25-26-27-28-29-30-31-32-33-34-35-36-37-39-41-43-45-47-49-51-53-55-60(63)65-58(56-61)57-64-59(62)54-52-50-48-46-44-42-40-38-22-20-18-16-14-12-10-8-6-4-2/h5,7,11,13,17,19-20,22-24,26-27,29-30,58,61H,3-4,6,8-10,12,14-16,18,21,25,28,31-57H2,1-2H3/b7-5-,13-11-,19-17-,22-20-,24-23-,27-26-,30-29-. The van der Waals surface area contributed by atoms with E-state index in [0.29, 0.717) is 12.8 Å². The lowest BCUT2D eigenvalue weighted by atomic mass is 10.0. The van der Waals surface area contributed by atoms with Crippen LogP contribution in [0.2, 0.25) is 0 Å². The molecule has 5 heteroatoms. The highest BCUT2D eigenvalue weighted by Gasteiger charge is 2.16. The van der Waals surface area contributed by atoms with Gasteiger partial charge < -0.3 is 14.6 Å². The number of aliphatic hydroxyl groups is 1. The molecule has 0 aromatic rings. The Hall–Kier alpha value is -2.92. The average molecular weight is 905 g/mol. The van der Waals surface area contributed by atoms with Crippen LogP contribution in [0.15, 0.2) is 85.1 Å². The lowest BCUT2D eigenvalue weighted by molar-refractivity contribution is -0.161. The zero-order valence-electron chi connectivity index (χ0n) is 42.7. The average Bonchev–Trinajstić information content (AvgIpc) is 3.31. The monoisotopic (exact) mass is 905 g/mol. The highest BCUT2D eigenvalue weighted by molar-refractivity contribution is 5.70.